The fourth-order valence-corrected chi connectivity index (χ4v) is 30.0. The zero-order valence-electron chi connectivity index (χ0n) is 85.8. The second-order valence-electron chi connectivity index (χ2n) is 43.7. The summed E-state index contributed by atoms with van der Waals surface area (Å²) >= 11 is 23.4. The number of nitrogens with zero attached hydrogens (tertiary/aromatic N) is 20. The minimum Gasteiger partial charge on any atom is -0.377 e. The summed E-state index contributed by atoms with van der Waals surface area (Å²) in [6.07, 6.45) is 30.2. The summed E-state index contributed by atoms with van der Waals surface area (Å²) in [6, 6.07) is 0. The zero-order valence-corrected chi connectivity index (χ0v) is 93.0. The lowest BCUT2D eigenvalue weighted by Crippen LogP contribution is -2.56. The molecule has 0 amide bonds. The van der Waals surface area contributed by atoms with Gasteiger partial charge in [-0.05, 0) is 257 Å². The van der Waals surface area contributed by atoms with Gasteiger partial charge in [-0.25, -0.2) is 91.9 Å². The summed E-state index contributed by atoms with van der Waals surface area (Å²) in [7, 11) is -16.9. The minimum atomic E-state index is -4.46. The number of alkyl halides is 6. The normalized spacial score (nSPS) is 26.8. The van der Waals surface area contributed by atoms with E-state index in [1.54, 1.807) is 74.7 Å². The van der Waals surface area contributed by atoms with Crippen molar-refractivity contribution in [2.45, 2.75) is 223 Å². The highest BCUT2D eigenvalue weighted by Gasteiger charge is 2.51. The van der Waals surface area contributed by atoms with E-state index in [4.69, 9.17) is 70.1 Å². The van der Waals surface area contributed by atoms with Crippen molar-refractivity contribution in [2.24, 2.45) is 88.8 Å². The molecule has 0 N–H and O–H groups in total. The minimum absolute atomic E-state index is 0.0725. The maximum Gasteiger partial charge on any atom is 0.390 e. The van der Waals surface area contributed by atoms with Crippen LogP contribution in [0.25, 0.3) is 0 Å². The second kappa shape index (κ2) is 51.4. The molecule has 0 unspecified atom stereocenters. The Balaban J connectivity index is 0.000000133. The Bertz CT molecular complexity index is 5670. The Morgan fingerprint density at radius 2 is 0.550 bits per heavy atom. The van der Waals surface area contributed by atoms with Gasteiger partial charge in [-0.1, -0.05) is 46.4 Å². The van der Waals surface area contributed by atoms with Crippen molar-refractivity contribution in [3.8, 4) is 0 Å². The van der Waals surface area contributed by atoms with Crippen LogP contribution in [0, 0.1) is 95.7 Å². The van der Waals surface area contributed by atoms with Gasteiger partial charge in [-0.3, -0.25) is 0 Å². The third-order valence-corrected chi connectivity index (χ3v) is 42.7. The lowest BCUT2D eigenvalue weighted by atomic mass is 9.90. The third kappa shape index (κ3) is 33.8. The molecule has 50 heteroatoms. The van der Waals surface area contributed by atoms with Crippen molar-refractivity contribution < 1.29 is 92.1 Å². The quantitative estimate of drug-likeness (QED) is 0.0328. The summed E-state index contributed by atoms with van der Waals surface area (Å²) < 4.78 is 228. The molecule has 5 aliphatic carbocycles. The number of halogens is 10. The van der Waals surface area contributed by atoms with Crippen LogP contribution in [0.1, 0.15) is 174 Å². The molecule has 15 aliphatic rings. The van der Waals surface area contributed by atoms with E-state index in [2.05, 4.69) is 74.3 Å². The molecule has 5 aromatic rings. The van der Waals surface area contributed by atoms with Crippen LogP contribution in [-0.2, 0) is 73.8 Å². The molecule has 0 bridgehead atoms. The van der Waals surface area contributed by atoms with E-state index in [1.165, 1.54) is 85.5 Å². The highest BCUT2D eigenvalue weighted by atomic mass is 35.5. The first kappa shape index (κ1) is 116. The number of anilines is 5. The Labute approximate surface area is 895 Å². The number of hydrogen-bond donors (Lipinski definition) is 0. The maximum absolute atomic E-state index is 12.4. The summed E-state index contributed by atoms with van der Waals surface area (Å²) in [5.41, 5.74) is 1.06. The standard InChI is InChI=1S/C22H33F3N4O3S.C20H28ClF3N4O3S.C20H31ClN4O3S.C19H29ClN4O3S.C18H27ClN4O3S/c1-16-13-26-21(27-14-16)28-7-2-17(3-8-28)20-12-18(20)5-10-32-19-4-9-29(15-19)33(30,31)11-6-22(23,24)25;21-16-10-25-19(26-11-16)27-5-1-14(2-6-27)18-9-15(18)3-7-31-17-12-28(13-17)32(29,30)8-4-20(22,23)24;1-14(2)29(26,27)25-12-18(13-25)28-8-5-16-9-19(16)15-3-6-24(7-4-15)20-22-10-17(21)11-23-20;1-2-28(25,26)24-12-17(13-24)27-8-5-15-9-18(15)14-3-6-23(7-4-14)19-21-10-16(20)11-22-19;1-27(24,25)23-11-16(12-23)26-7-4-14-8-17(14)13-2-5-22(6-3-13)18-20-9-15(19)10-21-18/h13-14,17-20H,2-12,15H2,1H3;10-11,14-15,17-18H,1-9,12-13H2;10-11,14-16,18-19H,3-9,12-13H2,1-2H3;10-11,14-15,17-18H,2-9,12-13H2,1H3;9-10,13-14,16-17H,2-8,11-12H2,1H3/t18-,19+,20-;15-,18-;16-,19-;15-,18-;14-,17-/m11111/s1. The van der Waals surface area contributed by atoms with E-state index < -0.39 is 86.8 Å². The average Bonchev–Trinajstić information content (AvgIpc) is 1.50. The van der Waals surface area contributed by atoms with E-state index in [9.17, 15) is 68.4 Å². The number of ether oxygens (including phenoxy) is 5. The Kier molecular flexibility index (Phi) is 40.0. The fourth-order valence-electron chi connectivity index (χ4n) is 23.2. The van der Waals surface area contributed by atoms with Gasteiger partial charge in [0.2, 0.25) is 79.9 Å². The second-order valence-corrected chi connectivity index (χ2v) is 56.4. The number of aromatic nitrogens is 10. The van der Waals surface area contributed by atoms with Crippen molar-refractivity contribution in [3.63, 3.8) is 0 Å². The Morgan fingerprint density at radius 3 is 0.799 bits per heavy atom. The molecular formula is C99H148Cl4F6N20O15S5. The SMILES string of the molecule is CC(C)S(=O)(=O)N1CC(OCC[C@@H]2C[C@@H]2C2CCN(c3ncc(Cl)cn3)CC2)C1.CCS(=O)(=O)N1CC(OCC[C@@H]2C[C@@H]2C2CCN(c3ncc(Cl)cn3)CC2)C1.CS(=O)(=O)N1CC(OCC[C@@H]2C[C@@H]2C2CCN(c3ncc(Cl)cn3)CC2)C1.Cc1cnc(N2CCC([C@H]3C[C@H]3CCO[C@H]3CCN(S(=O)(=O)CCC(F)(F)F)C3)CC2)nc1.O=S(=O)(CCC(F)(F)F)N1CC(OCC[C@@H]2C[C@@H]2C2CCN(c3ncc(Cl)cn3)CC2)C1. The lowest BCUT2D eigenvalue weighted by molar-refractivity contribution is -0.131. The molecule has 11 atom stereocenters. The molecule has 35 nitrogen and oxygen atoms in total. The predicted molar refractivity (Wildman–Crippen MR) is 559 cm³/mol. The smallest absolute Gasteiger partial charge is 0.377 e. The molecule has 0 spiro atoms. The number of piperidine rings is 5. The first-order valence-corrected chi connectivity index (χ1v) is 63.1. The van der Waals surface area contributed by atoms with Crippen molar-refractivity contribution in [1.82, 2.24) is 71.4 Å². The van der Waals surface area contributed by atoms with Gasteiger partial charge in [0.25, 0.3) is 0 Å². The van der Waals surface area contributed by atoms with Crippen molar-refractivity contribution in [2.75, 3.05) is 212 Å². The van der Waals surface area contributed by atoms with Gasteiger partial charge in [0.05, 0.1) is 142 Å². The third-order valence-electron chi connectivity index (χ3n) is 33.1. The predicted octanol–water partition coefficient (Wildman–Crippen LogP) is 14.0. The highest BCUT2D eigenvalue weighted by Crippen LogP contribution is 2.55. The van der Waals surface area contributed by atoms with Crippen LogP contribution in [0.5, 0.6) is 0 Å². The molecule has 15 heterocycles. The largest absolute Gasteiger partial charge is 0.390 e. The molecule has 0 aromatic carbocycles. The molecule has 15 fully saturated rings. The lowest BCUT2D eigenvalue weighted by Gasteiger charge is -2.38. The zero-order chi connectivity index (χ0) is 106. The van der Waals surface area contributed by atoms with E-state index in [0.717, 1.165) is 252 Å². The summed E-state index contributed by atoms with van der Waals surface area (Å²) in [4.78, 5) is 54.6. The van der Waals surface area contributed by atoms with Crippen LogP contribution in [-0.4, -0.2) is 349 Å². The summed E-state index contributed by atoms with van der Waals surface area (Å²) in [5, 5.41) is 1.89. The molecule has 10 aliphatic heterocycles. The van der Waals surface area contributed by atoms with Crippen LogP contribution < -0.4 is 24.5 Å². The summed E-state index contributed by atoms with van der Waals surface area (Å²) in [5.74, 6) is 13.6. The topological polar surface area (TPSA) is 378 Å². The Hall–Kier alpha value is -5.51. The highest BCUT2D eigenvalue weighted by molar-refractivity contribution is 7.90. The van der Waals surface area contributed by atoms with Crippen LogP contribution in [0.4, 0.5) is 56.1 Å². The van der Waals surface area contributed by atoms with Crippen molar-refractivity contribution >= 4 is 126 Å². The molecule has 10 saturated heterocycles. The van der Waals surface area contributed by atoms with Crippen LogP contribution in [0.3, 0.4) is 0 Å². The van der Waals surface area contributed by atoms with E-state index >= 15 is 0 Å². The van der Waals surface area contributed by atoms with Crippen LogP contribution >= 0.6 is 46.4 Å². The summed E-state index contributed by atoms with van der Waals surface area (Å²) in [6.45, 7) is 24.2. The van der Waals surface area contributed by atoms with Crippen LogP contribution in [0.15, 0.2) is 62.0 Å². The molecule has 5 aromatic heterocycles. The van der Waals surface area contributed by atoms with Crippen molar-refractivity contribution in [3.05, 3.63) is 87.6 Å². The fraction of sp³-hybridized carbons (Fsp3) is 0.798. The van der Waals surface area contributed by atoms with E-state index in [1.807, 2.05) is 19.3 Å². The first-order valence-electron chi connectivity index (χ1n) is 53.4. The Morgan fingerprint density at radius 1 is 0.322 bits per heavy atom. The molecule has 0 radical (unpaired) electrons. The number of hydrogen-bond acceptors (Lipinski definition) is 30. The van der Waals surface area contributed by atoms with Gasteiger partial charge in [0.1, 0.15) is 0 Å². The van der Waals surface area contributed by atoms with Gasteiger partial charge in [-0.2, -0.15) is 47.9 Å². The monoisotopic (exact) mass is 2270 g/mol. The molecule has 834 valence electrons. The average molecular weight is 2270 g/mol. The number of sulfonamides is 5. The number of aryl methyl sites for hydroxylation is 1. The van der Waals surface area contributed by atoms with Gasteiger partial charge in [0.15, 0.2) is 0 Å². The molecule has 149 heavy (non-hydrogen) atoms. The molecule has 5 saturated carbocycles. The maximum atomic E-state index is 12.4. The van der Waals surface area contributed by atoms with E-state index in [-0.39, 0.29) is 67.7 Å². The van der Waals surface area contributed by atoms with Gasteiger partial charge in [0, 0.05) is 176 Å². The van der Waals surface area contributed by atoms with Gasteiger partial charge < -0.3 is 48.2 Å². The number of rotatable bonds is 41. The first-order chi connectivity index (χ1) is 70.9. The van der Waals surface area contributed by atoms with E-state index in [0.29, 0.717) is 103 Å². The molecule has 20 rings (SSSR count). The van der Waals surface area contributed by atoms with Gasteiger partial charge >= 0.3 is 12.4 Å². The van der Waals surface area contributed by atoms with Gasteiger partial charge in [-0.15, -0.1) is 0 Å². The van der Waals surface area contributed by atoms with Crippen molar-refractivity contribution in [1.29, 1.82) is 0 Å². The van der Waals surface area contributed by atoms with Crippen LogP contribution in [0.2, 0.25) is 20.1 Å². The molecular weight excluding hydrogens is 2130 g/mol.